The van der Waals surface area contributed by atoms with E-state index in [1.165, 1.54) is 12.3 Å². The number of amides is 1. The Hall–Kier alpha value is -1.58. The molecule has 0 aliphatic heterocycles. The molecule has 0 saturated heterocycles. The van der Waals surface area contributed by atoms with Crippen molar-refractivity contribution in [3.8, 4) is 0 Å². The summed E-state index contributed by atoms with van der Waals surface area (Å²) < 4.78 is 0. The van der Waals surface area contributed by atoms with Gasteiger partial charge in [-0.2, -0.15) is 0 Å². The molecule has 1 amide bonds. The first kappa shape index (κ1) is 10.5. The number of aromatic nitrogens is 1. The van der Waals surface area contributed by atoms with Gasteiger partial charge in [-0.3, -0.25) is 9.59 Å². The third-order valence-electron chi connectivity index (χ3n) is 1.90. The maximum absolute atomic E-state index is 11.4. The van der Waals surface area contributed by atoms with E-state index < -0.39 is 0 Å². The molecule has 1 heterocycles. The van der Waals surface area contributed by atoms with Crippen molar-refractivity contribution in [1.82, 2.24) is 10.3 Å². The normalized spacial score (nSPS) is 9.79. The van der Waals surface area contributed by atoms with Crippen molar-refractivity contribution in [2.45, 2.75) is 19.8 Å². The van der Waals surface area contributed by atoms with Gasteiger partial charge in [0.15, 0.2) is 6.29 Å². The predicted molar refractivity (Wildman–Crippen MR) is 53.4 cm³/mol. The summed E-state index contributed by atoms with van der Waals surface area (Å²) in [5.41, 5.74) is 0.925. The fraction of sp³-hybridized carbons (Fsp3) is 0.400. The Labute approximate surface area is 82.7 Å². The molecule has 0 fully saturated rings. The molecule has 14 heavy (non-hydrogen) atoms. The van der Waals surface area contributed by atoms with Gasteiger partial charge in [-0.25, -0.2) is 0 Å². The second kappa shape index (κ2) is 5.21. The molecule has 1 rings (SSSR count). The van der Waals surface area contributed by atoms with E-state index in [9.17, 15) is 9.59 Å². The molecule has 1 aromatic heterocycles. The van der Waals surface area contributed by atoms with Gasteiger partial charge >= 0.3 is 0 Å². The van der Waals surface area contributed by atoms with Gasteiger partial charge in [0.25, 0.3) is 5.91 Å². The van der Waals surface area contributed by atoms with Crippen molar-refractivity contribution in [3.63, 3.8) is 0 Å². The summed E-state index contributed by atoms with van der Waals surface area (Å²) in [6.07, 6.45) is 4.23. The Kier molecular flexibility index (Phi) is 3.91. The second-order valence-corrected chi connectivity index (χ2v) is 3.07. The maximum atomic E-state index is 11.4. The Morgan fingerprint density at radius 2 is 2.43 bits per heavy atom. The summed E-state index contributed by atoms with van der Waals surface area (Å²) in [5, 5.41) is 2.75. The van der Waals surface area contributed by atoms with Crippen LogP contribution in [0.4, 0.5) is 0 Å². The molecule has 0 saturated carbocycles. The zero-order valence-electron chi connectivity index (χ0n) is 8.17. The van der Waals surface area contributed by atoms with Crippen LogP contribution in [0.15, 0.2) is 12.3 Å². The van der Waals surface area contributed by atoms with Crippen molar-refractivity contribution in [3.05, 3.63) is 23.5 Å². The topological polar surface area (TPSA) is 62.0 Å². The Morgan fingerprint density at radius 1 is 1.64 bits per heavy atom. The van der Waals surface area contributed by atoms with Gasteiger partial charge in [0, 0.05) is 18.3 Å². The molecule has 4 heteroatoms. The van der Waals surface area contributed by atoms with E-state index in [2.05, 4.69) is 17.2 Å². The van der Waals surface area contributed by atoms with Gasteiger partial charge in [0.1, 0.15) is 5.69 Å². The lowest BCUT2D eigenvalue weighted by Gasteiger charge is -2.00. The molecule has 0 aromatic carbocycles. The van der Waals surface area contributed by atoms with E-state index in [1.807, 2.05) is 0 Å². The van der Waals surface area contributed by atoms with E-state index in [0.29, 0.717) is 24.1 Å². The Balaban J connectivity index is 2.47. The molecule has 0 spiro atoms. The lowest BCUT2D eigenvalue weighted by Crippen LogP contribution is -2.24. The molecular weight excluding hydrogens is 180 g/mol. The molecule has 0 unspecified atom stereocenters. The van der Waals surface area contributed by atoms with Crippen LogP contribution in [0.3, 0.4) is 0 Å². The van der Waals surface area contributed by atoms with E-state index in [4.69, 9.17) is 0 Å². The van der Waals surface area contributed by atoms with Crippen LogP contribution in [0.25, 0.3) is 0 Å². The van der Waals surface area contributed by atoms with Crippen LogP contribution in [0, 0.1) is 0 Å². The minimum atomic E-state index is -0.161. The molecule has 1 aromatic rings. The van der Waals surface area contributed by atoms with Crippen LogP contribution in [0.5, 0.6) is 0 Å². The minimum absolute atomic E-state index is 0.161. The monoisotopic (exact) mass is 194 g/mol. The minimum Gasteiger partial charge on any atom is -0.357 e. The fourth-order valence-electron chi connectivity index (χ4n) is 1.08. The van der Waals surface area contributed by atoms with Crippen LogP contribution in [-0.4, -0.2) is 23.7 Å². The number of rotatable bonds is 5. The first-order chi connectivity index (χ1) is 6.77. The Bertz CT molecular complexity index is 318. The van der Waals surface area contributed by atoms with Gasteiger partial charge in [-0.05, 0) is 12.5 Å². The highest BCUT2D eigenvalue weighted by molar-refractivity contribution is 5.94. The number of nitrogens with one attached hydrogen (secondary N) is 2. The third-order valence-corrected chi connectivity index (χ3v) is 1.90. The average Bonchev–Trinajstić information content (AvgIpc) is 2.66. The van der Waals surface area contributed by atoms with Crippen LogP contribution in [-0.2, 0) is 0 Å². The fourth-order valence-corrected chi connectivity index (χ4v) is 1.08. The number of unbranched alkanes of at least 4 members (excludes halogenated alkanes) is 1. The van der Waals surface area contributed by atoms with Gasteiger partial charge in [0.05, 0.1) is 0 Å². The molecule has 0 bridgehead atoms. The predicted octanol–water partition coefficient (Wildman–Crippen LogP) is 1.36. The summed E-state index contributed by atoms with van der Waals surface area (Å²) in [7, 11) is 0. The van der Waals surface area contributed by atoms with Crippen molar-refractivity contribution < 1.29 is 9.59 Å². The van der Waals surface area contributed by atoms with E-state index in [-0.39, 0.29) is 5.91 Å². The zero-order valence-corrected chi connectivity index (χ0v) is 8.17. The number of hydrogen-bond donors (Lipinski definition) is 2. The van der Waals surface area contributed by atoms with Crippen LogP contribution >= 0.6 is 0 Å². The zero-order chi connectivity index (χ0) is 10.4. The third kappa shape index (κ3) is 2.73. The van der Waals surface area contributed by atoms with Crippen molar-refractivity contribution >= 4 is 12.2 Å². The van der Waals surface area contributed by atoms with E-state index in [0.717, 1.165) is 12.8 Å². The quantitative estimate of drug-likeness (QED) is 0.549. The summed E-state index contributed by atoms with van der Waals surface area (Å²) in [6.45, 7) is 2.73. The summed E-state index contributed by atoms with van der Waals surface area (Å²) in [6, 6.07) is 1.54. The SMILES string of the molecule is CCCCNC(=O)c1cc(C=O)c[nH]1. The molecule has 0 radical (unpaired) electrons. The second-order valence-electron chi connectivity index (χ2n) is 3.07. The highest BCUT2D eigenvalue weighted by Gasteiger charge is 2.06. The van der Waals surface area contributed by atoms with Gasteiger partial charge in [-0.1, -0.05) is 13.3 Å². The smallest absolute Gasteiger partial charge is 0.267 e. The molecule has 0 atom stereocenters. The van der Waals surface area contributed by atoms with Crippen LogP contribution in [0.1, 0.15) is 40.6 Å². The molecule has 2 N–H and O–H groups in total. The van der Waals surface area contributed by atoms with E-state index in [1.54, 1.807) is 0 Å². The van der Waals surface area contributed by atoms with Crippen molar-refractivity contribution in [2.75, 3.05) is 6.54 Å². The number of carbonyl (C=O) groups is 2. The van der Waals surface area contributed by atoms with Gasteiger partial charge < -0.3 is 10.3 Å². The maximum Gasteiger partial charge on any atom is 0.267 e. The van der Waals surface area contributed by atoms with Crippen LogP contribution in [0.2, 0.25) is 0 Å². The molecular formula is C10H14N2O2. The lowest BCUT2D eigenvalue weighted by molar-refractivity contribution is 0.0948. The van der Waals surface area contributed by atoms with Crippen molar-refractivity contribution in [1.29, 1.82) is 0 Å². The largest absolute Gasteiger partial charge is 0.357 e. The van der Waals surface area contributed by atoms with E-state index >= 15 is 0 Å². The number of aldehydes is 1. The summed E-state index contributed by atoms with van der Waals surface area (Å²) >= 11 is 0. The highest BCUT2D eigenvalue weighted by Crippen LogP contribution is 2.00. The highest BCUT2D eigenvalue weighted by atomic mass is 16.1. The first-order valence-corrected chi connectivity index (χ1v) is 4.69. The summed E-state index contributed by atoms with van der Waals surface area (Å²) in [4.78, 5) is 24.5. The molecule has 0 aliphatic rings. The van der Waals surface area contributed by atoms with Crippen LogP contribution < -0.4 is 5.32 Å². The lowest BCUT2D eigenvalue weighted by atomic mass is 10.3. The number of aromatic amines is 1. The summed E-state index contributed by atoms with van der Waals surface area (Å²) in [5.74, 6) is -0.161. The van der Waals surface area contributed by atoms with Gasteiger partial charge in [0.2, 0.25) is 0 Å². The number of H-pyrrole nitrogens is 1. The first-order valence-electron chi connectivity index (χ1n) is 4.69. The molecule has 4 nitrogen and oxygen atoms in total. The van der Waals surface area contributed by atoms with Crippen molar-refractivity contribution in [2.24, 2.45) is 0 Å². The average molecular weight is 194 g/mol. The number of carbonyl (C=O) groups excluding carboxylic acids is 2. The Morgan fingerprint density at radius 3 is 3.00 bits per heavy atom. The number of hydrogen-bond acceptors (Lipinski definition) is 2. The molecule has 76 valence electrons. The van der Waals surface area contributed by atoms with Gasteiger partial charge in [-0.15, -0.1) is 0 Å². The molecule has 0 aliphatic carbocycles. The standard InChI is InChI=1S/C10H14N2O2/c1-2-3-4-11-10(14)9-5-8(7-13)6-12-9/h5-7,12H,2-4H2,1H3,(H,11,14).